The van der Waals surface area contributed by atoms with Gasteiger partial charge in [-0.2, -0.15) is 0 Å². The summed E-state index contributed by atoms with van der Waals surface area (Å²) < 4.78 is 16.0. The van der Waals surface area contributed by atoms with E-state index < -0.39 is 0 Å². The van der Waals surface area contributed by atoms with Crippen LogP contribution >= 0.6 is 0 Å². The van der Waals surface area contributed by atoms with Crippen molar-refractivity contribution < 1.29 is 19.0 Å². The Labute approximate surface area is 112 Å². The largest absolute Gasteiger partial charge is 0.457 e. The first-order valence-electron chi connectivity index (χ1n) is 6.51. The van der Waals surface area contributed by atoms with E-state index in [1.54, 1.807) is 18.2 Å². The monoisotopic (exact) mass is 263 g/mol. The summed E-state index contributed by atoms with van der Waals surface area (Å²) in [5, 5.41) is 0. The van der Waals surface area contributed by atoms with Gasteiger partial charge in [-0.15, -0.1) is 0 Å². The number of esters is 1. The molecule has 5 nitrogen and oxygen atoms in total. The van der Waals surface area contributed by atoms with Crippen molar-refractivity contribution in [1.82, 2.24) is 4.90 Å². The van der Waals surface area contributed by atoms with Gasteiger partial charge in [0, 0.05) is 6.54 Å². The zero-order valence-electron chi connectivity index (χ0n) is 10.9. The molecule has 1 atom stereocenters. The van der Waals surface area contributed by atoms with Crippen LogP contribution in [0.25, 0.3) is 0 Å². The molecule has 0 aromatic heterocycles. The highest BCUT2D eigenvalue weighted by Crippen LogP contribution is 2.32. The van der Waals surface area contributed by atoms with Crippen molar-refractivity contribution in [2.75, 3.05) is 26.9 Å². The van der Waals surface area contributed by atoms with Gasteiger partial charge in [-0.1, -0.05) is 0 Å². The molecule has 0 aliphatic carbocycles. The summed E-state index contributed by atoms with van der Waals surface area (Å²) in [6.07, 6.45) is 1.98. The molecular weight excluding hydrogens is 246 g/mol. The van der Waals surface area contributed by atoms with E-state index >= 15 is 0 Å². The van der Waals surface area contributed by atoms with E-state index in [1.807, 2.05) is 7.05 Å². The van der Waals surface area contributed by atoms with Gasteiger partial charge in [0.15, 0.2) is 11.5 Å². The number of benzene rings is 1. The summed E-state index contributed by atoms with van der Waals surface area (Å²) in [7, 11) is 2.04. The van der Waals surface area contributed by atoms with Crippen LogP contribution in [-0.4, -0.2) is 43.9 Å². The predicted octanol–water partition coefficient (Wildman–Crippen LogP) is 1.67. The van der Waals surface area contributed by atoms with Gasteiger partial charge in [0.05, 0.1) is 5.56 Å². The number of likely N-dealkylation sites (N-methyl/N-ethyl adjacent to an activating group) is 1. The number of carbonyl (C=O) groups excluding carboxylic acids is 1. The molecule has 1 unspecified atom stereocenters. The van der Waals surface area contributed by atoms with Crippen LogP contribution in [0.4, 0.5) is 0 Å². The van der Waals surface area contributed by atoms with Gasteiger partial charge in [-0.25, -0.2) is 4.79 Å². The van der Waals surface area contributed by atoms with Gasteiger partial charge < -0.3 is 19.1 Å². The molecule has 2 aliphatic heterocycles. The summed E-state index contributed by atoms with van der Waals surface area (Å²) >= 11 is 0. The van der Waals surface area contributed by atoms with Crippen LogP contribution in [0.1, 0.15) is 23.2 Å². The number of nitrogens with zero attached hydrogens (tertiary/aromatic N) is 1. The Balaban J connectivity index is 1.67. The molecule has 5 heteroatoms. The fraction of sp³-hybridized carbons (Fsp3) is 0.500. The smallest absolute Gasteiger partial charge is 0.338 e. The van der Waals surface area contributed by atoms with E-state index in [-0.39, 0.29) is 18.9 Å². The topological polar surface area (TPSA) is 48.0 Å². The van der Waals surface area contributed by atoms with Crippen LogP contribution in [0, 0.1) is 0 Å². The molecule has 1 fully saturated rings. The summed E-state index contributed by atoms with van der Waals surface area (Å²) in [4.78, 5) is 14.3. The zero-order valence-corrected chi connectivity index (χ0v) is 10.9. The van der Waals surface area contributed by atoms with E-state index in [9.17, 15) is 4.79 Å². The fourth-order valence-corrected chi connectivity index (χ4v) is 2.46. The minimum absolute atomic E-state index is 0.0170. The van der Waals surface area contributed by atoms with E-state index in [1.165, 1.54) is 0 Å². The molecule has 0 amide bonds. The number of fused-ring (bicyclic) bond motifs is 1. The van der Waals surface area contributed by atoms with Gasteiger partial charge >= 0.3 is 5.97 Å². The third kappa shape index (κ3) is 2.66. The molecule has 19 heavy (non-hydrogen) atoms. The van der Waals surface area contributed by atoms with Crippen LogP contribution in [0.5, 0.6) is 11.5 Å². The average Bonchev–Trinajstić information content (AvgIpc) is 2.85. The second-order valence-electron chi connectivity index (χ2n) is 5.00. The Hall–Kier alpha value is -1.75. The lowest BCUT2D eigenvalue weighted by Gasteiger charge is -2.29. The number of likely N-dealkylation sites (tertiary alicyclic amines) is 1. The van der Waals surface area contributed by atoms with E-state index in [2.05, 4.69) is 4.90 Å². The molecule has 102 valence electrons. The Morgan fingerprint density at radius 3 is 3.05 bits per heavy atom. The Kier molecular flexibility index (Phi) is 3.29. The Morgan fingerprint density at radius 2 is 2.21 bits per heavy atom. The molecule has 0 spiro atoms. The number of hydrogen-bond donors (Lipinski definition) is 0. The molecule has 1 aromatic rings. The summed E-state index contributed by atoms with van der Waals surface area (Å²) in [6.45, 7) is 2.08. The SMILES string of the molecule is CN1CCCC(OC(=O)c2ccc3c(c2)OCO3)C1. The van der Waals surface area contributed by atoms with E-state index in [0.29, 0.717) is 17.1 Å². The molecular formula is C14H17NO4. The first-order chi connectivity index (χ1) is 9.22. The Bertz CT molecular complexity index is 488. The van der Waals surface area contributed by atoms with Gasteiger partial charge in [-0.3, -0.25) is 0 Å². The van der Waals surface area contributed by atoms with Crippen molar-refractivity contribution in [3.63, 3.8) is 0 Å². The Morgan fingerprint density at radius 1 is 1.37 bits per heavy atom. The highest BCUT2D eigenvalue weighted by atomic mass is 16.7. The normalized spacial score (nSPS) is 22.3. The van der Waals surface area contributed by atoms with Gasteiger partial charge in [0.25, 0.3) is 0 Å². The van der Waals surface area contributed by atoms with Crippen molar-refractivity contribution >= 4 is 5.97 Å². The fourth-order valence-electron chi connectivity index (χ4n) is 2.46. The molecule has 2 heterocycles. The van der Waals surface area contributed by atoms with E-state index in [4.69, 9.17) is 14.2 Å². The molecule has 0 bridgehead atoms. The van der Waals surface area contributed by atoms with Crippen molar-refractivity contribution in [1.29, 1.82) is 0 Å². The summed E-state index contributed by atoms with van der Waals surface area (Å²) in [5.74, 6) is 0.989. The quantitative estimate of drug-likeness (QED) is 0.760. The van der Waals surface area contributed by atoms with Crippen molar-refractivity contribution in [2.24, 2.45) is 0 Å². The van der Waals surface area contributed by atoms with Crippen LogP contribution in [-0.2, 0) is 4.74 Å². The van der Waals surface area contributed by atoms with Gasteiger partial charge in [0.2, 0.25) is 6.79 Å². The summed E-state index contributed by atoms with van der Waals surface area (Å²) in [5.41, 5.74) is 0.512. The van der Waals surface area contributed by atoms with Crippen LogP contribution in [0.15, 0.2) is 18.2 Å². The maximum atomic E-state index is 12.1. The highest BCUT2D eigenvalue weighted by molar-refractivity contribution is 5.90. The standard InChI is InChI=1S/C14H17NO4/c1-15-6-2-3-11(8-15)19-14(16)10-4-5-12-13(7-10)18-9-17-12/h4-5,7,11H,2-3,6,8-9H2,1H3. The van der Waals surface area contributed by atoms with Crippen LogP contribution < -0.4 is 9.47 Å². The van der Waals surface area contributed by atoms with E-state index in [0.717, 1.165) is 25.9 Å². The summed E-state index contributed by atoms with van der Waals surface area (Å²) in [6, 6.07) is 5.13. The van der Waals surface area contributed by atoms with Crippen molar-refractivity contribution in [2.45, 2.75) is 18.9 Å². The number of hydrogen-bond acceptors (Lipinski definition) is 5. The first-order valence-corrected chi connectivity index (χ1v) is 6.51. The lowest BCUT2D eigenvalue weighted by molar-refractivity contribution is 0.0108. The highest BCUT2D eigenvalue weighted by Gasteiger charge is 2.23. The number of piperidine rings is 1. The molecule has 1 aromatic carbocycles. The lowest BCUT2D eigenvalue weighted by atomic mass is 10.1. The second kappa shape index (κ2) is 5.09. The lowest BCUT2D eigenvalue weighted by Crippen LogP contribution is -2.38. The van der Waals surface area contributed by atoms with Crippen molar-refractivity contribution in [3.8, 4) is 11.5 Å². The molecule has 0 saturated carbocycles. The van der Waals surface area contributed by atoms with Crippen molar-refractivity contribution in [3.05, 3.63) is 23.8 Å². The minimum Gasteiger partial charge on any atom is -0.457 e. The second-order valence-corrected chi connectivity index (χ2v) is 5.00. The molecule has 1 saturated heterocycles. The maximum Gasteiger partial charge on any atom is 0.338 e. The first kappa shape index (κ1) is 12.3. The average molecular weight is 263 g/mol. The van der Waals surface area contributed by atoms with Gasteiger partial charge in [-0.05, 0) is 44.6 Å². The van der Waals surface area contributed by atoms with Gasteiger partial charge in [0.1, 0.15) is 6.10 Å². The third-order valence-corrected chi connectivity index (χ3v) is 3.46. The minimum atomic E-state index is -0.293. The predicted molar refractivity (Wildman–Crippen MR) is 68.5 cm³/mol. The van der Waals surface area contributed by atoms with Crippen LogP contribution in [0.2, 0.25) is 0 Å². The number of carbonyl (C=O) groups is 1. The number of ether oxygens (including phenoxy) is 3. The molecule has 2 aliphatic rings. The van der Waals surface area contributed by atoms with Crippen LogP contribution in [0.3, 0.4) is 0 Å². The molecule has 3 rings (SSSR count). The number of rotatable bonds is 2. The maximum absolute atomic E-state index is 12.1. The molecule has 0 N–H and O–H groups in total. The third-order valence-electron chi connectivity index (χ3n) is 3.46. The zero-order chi connectivity index (χ0) is 13.2. The molecule has 0 radical (unpaired) electrons.